The summed E-state index contributed by atoms with van der Waals surface area (Å²) in [6, 6.07) is 6.58. The Labute approximate surface area is 95.6 Å². The molecule has 4 heteroatoms. The highest BCUT2D eigenvalue weighted by Crippen LogP contribution is 2.32. The molecular weight excluding hydrogens is 206 g/mol. The highest BCUT2D eigenvalue weighted by Gasteiger charge is 2.13. The summed E-state index contributed by atoms with van der Waals surface area (Å²) in [7, 11) is 6.26. The Morgan fingerprint density at radius 1 is 1.40 bits per heavy atom. The fourth-order valence-corrected chi connectivity index (χ4v) is 2.46. The van der Waals surface area contributed by atoms with Gasteiger partial charge in [-0.3, -0.25) is 4.31 Å². The lowest BCUT2D eigenvalue weighted by molar-refractivity contribution is 0.702. The van der Waals surface area contributed by atoms with Crippen LogP contribution in [-0.2, 0) is 0 Å². The third-order valence-electron chi connectivity index (χ3n) is 2.43. The molecule has 0 unspecified atom stereocenters. The van der Waals surface area contributed by atoms with Crippen molar-refractivity contribution in [2.24, 2.45) is 0 Å². The maximum atomic E-state index is 3.43. The predicted molar refractivity (Wildman–Crippen MR) is 67.7 cm³/mol. The van der Waals surface area contributed by atoms with Crippen LogP contribution in [0.4, 0.5) is 11.4 Å². The second-order valence-corrected chi connectivity index (χ2v) is 5.32. The third-order valence-corrected chi connectivity index (χ3v) is 3.26. The van der Waals surface area contributed by atoms with Crippen molar-refractivity contribution in [3.8, 4) is 0 Å². The van der Waals surface area contributed by atoms with Crippen LogP contribution in [0, 0.1) is 0 Å². The number of rotatable bonds is 2. The molecule has 0 amide bonds. The second kappa shape index (κ2) is 4.33. The van der Waals surface area contributed by atoms with Crippen molar-refractivity contribution in [2.75, 3.05) is 44.4 Å². The monoisotopic (exact) mass is 223 g/mol. The Morgan fingerprint density at radius 3 is 2.93 bits per heavy atom. The molecule has 1 N–H and O–H groups in total. The van der Waals surface area contributed by atoms with E-state index in [0.29, 0.717) is 0 Å². The number of nitrogens with one attached hydrogen (secondary N) is 1. The number of hydrogen-bond acceptors (Lipinski definition) is 4. The van der Waals surface area contributed by atoms with E-state index in [0.717, 1.165) is 13.1 Å². The van der Waals surface area contributed by atoms with Crippen LogP contribution in [0.5, 0.6) is 0 Å². The Morgan fingerprint density at radius 2 is 2.20 bits per heavy atom. The molecule has 0 aliphatic carbocycles. The van der Waals surface area contributed by atoms with Gasteiger partial charge in [0, 0.05) is 25.0 Å². The average Bonchev–Trinajstić information content (AvgIpc) is 2.17. The maximum Gasteiger partial charge on any atom is 0.0600 e. The lowest BCUT2D eigenvalue weighted by Crippen LogP contribution is -2.30. The molecule has 0 spiro atoms. The summed E-state index contributed by atoms with van der Waals surface area (Å²) in [6.45, 7) is 2.10. The molecule has 3 nitrogen and oxygen atoms in total. The maximum absolute atomic E-state index is 3.43. The van der Waals surface area contributed by atoms with E-state index in [2.05, 4.69) is 53.9 Å². The van der Waals surface area contributed by atoms with Gasteiger partial charge in [-0.15, -0.1) is 0 Å². The van der Waals surface area contributed by atoms with E-state index in [4.69, 9.17) is 0 Å². The largest absolute Gasteiger partial charge is 0.382 e. The van der Waals surface area contributed by atoms with Gasteiger partial charge >= 0.3 is 0 Å². The minimum absolute atomic E-state index is 1.03. The number of hydrogen-bond donors (Lipinski definition) is 1. The van der Waals surface area contributed by atoms with E-state index >= 15 is 0 Å². The average molecular weight is 223 g/mol. The van der Waals surface area contributed by atoms with E-state index in [1.54, 1.807) is 11.9 Å². The van der Waals surface area contributed by atoms with E-state index < -0.39 is 0 Å². The van der Waals surface area contributed by atoms with Crippen molar-refractivity contribution < 1.29 is 0 Å². The predicted octanol–water partition coefficient (Wildman–Crippen LogP) is 2.12. The van der Waals surface area contributed by atoms with Gasteiger partial charge < -0.3 is 10.2 Å². The number of anilines is 2. The Bertz CT molecular complexity index is 352. The number of benzene rings is 1. The normalized spacial score (nSPS) is 15.1. The molecule has 2 rings (SSSR count). The van der Waals surface area contributed by atoms with Gasteiger partial charge in [-0.2, -0.15) is 0 Å². The van der Waals surface area contributed by atoms with E-state index in [-0.39, 0.29) is 0 Å². The summed E-state index contributed by atoms with van der Waals surface area (Å²) >= 11 is 1.75. The zero-order valence-corrected chi connectivity index (χ0v) is 10.3. The molecule has 0 radical (unpaired) electrons. The first-order valence-electron chi connectivity index (χ1n) is 5.11. The summed E-state index contributed by atoms with van der Waals surface area (Å²) in [5, 5.41) is 3.43. The van der Waals surface area contributed by atoms with Crippen molar-refractivity contribution in [1.29, 1.82) is 0 Å². The highest BCUT2D eigenvalue weighted by atomic mass is 32.2. The van der Waals surface area contributed by atoms with Crippen LogP contribution >= 0.6 is 11.9 Å². The molecule has 1 aliphatic rings. The van der Waals surface area contributed by atoms with Crippen LogP contribution in [0.25, 0.3) is 0 Å². The van der Waals surface area contributed by atoms with Gasteiger partial charge in [0.25, 0.3) is 0 Å². The molecule has 0 fully saturated rings. The SMILES string of the molecule is CN(C)Sc1ccc2c(c1)NCCN2C. The molecule has 0 saturated heterocycles. The molecule has 1 aromatic rings. The fraction of sp³-hybridized carbons (Fsp3) is 0.455. The smallest absolute Gasteiger partial charge is 0.0600 e. The van der Waals surface area contributed by atoms with Crippen LogP contribution in [0.3, 0.4) is 0 Å². The zero-order valence-electron chi connectivity index (χ0n) is 9.45. The summed E-state index contributed by atoms with van der Waals surface area (Å²) in [4.78, 5) is 3.57. The van der Waals surface area contributed by atoms with Gasteiger partial charge in [0.15, 0.2) is 0 Å². The fourth-order valence-electron chi connectivity index (χ4n) is 1.74. The van der Waals surface area contributed by atoms with Crippen molar-refractivity contribution in [3.05, 3.63) is 18.2 Å². The zero-order chi connectivity index (χ0) is 10.8. The third kappa shape index (κ3) is 2.38. The topological polar surface area (TPSA) is 18.5 Å². The summed E-state index contributed by atoms with van der Waals surface area (Å²) in [6.07, 6.45) is 0. The number of fused-ring (bicyclic) bond motifs is 1. The van der Waals surface area contributed by atoms with Crippen molar-refractivity contribution in [2.45, 2.75) is 4.90 Å². The van der Waals surface area contributed by atoms with Crippen molar-refractivity contribution in [3.63, 3.8) is 0 Å². The quantitative estimate of drug-likeness (QED) is 0.774. The summed E-state index contributed by atoms with van der Waals surface area (Å²) in [5.74, 6) is 0. The van der Waals surface area contributed by atoms with E-state index in [9.17, 15) is 0 Å². The first kappa shape index (κ1) is 10.6. The number of likely N-dealkylation sites (N-methyl/N-ethyl adjacent to an activating group) is 1. The van der Waals surface area contributed by atoms with Crippen LogP contribution in [0.1, 0.15) is 0 Å². The summed E-state index contributed by atoms with van der Waals surface area (Å²) in [5.41, 5.74) is 2.54. The van der Waals surface area contributed by atoms with Crippen molar-refractivity contribution in [1.82, 2.24) is 4.31 Å². The Balaban J connectivity index is 2.25. The molecule has 82 valence electrons. The second-order valence-electron chi connectivity index (χ2n) is 3.93. The summed E-state index contributed by atoms with van der Waals surface area (Å²) < 4.78 is 2.11. The lowest BCUT2D eigenvalue weighted by Gasteiger charge is -2.29. The molecule has 0 atom stereocenters. The molecule has 1 aliphatic heterocycles. The van der Waals surface area contributed by atoms with Gasteiger partial charge in [-0.1, -0.05) is 0 Å². The highest BCUT2D eigenvalue weighted by molar-refractivity contribution is 7.97. The van der Waals surface area contributed by atoms with Crippen LogP contribution in [0.2, 0.25) is 0 Å². The van der Waals surface area contributed by atoms with Gasteiger partial charge in [0.2, 0.25) is 0 Å². The molecule has 1 aromatic carbocycles. The van der Waals surface area contributed by atoms with Crippen LogP contribution < -0.4 is 10.2 Å². The molecular formula is C11H17N3S. The molecule has 1 heterocycles. The van der Waals surface area contributed by atoms with Crippen LogP contribution in [-0.4, -0.2) is 38.5 Å². The number of nitrogens with zero attached hydrogens (tertiary/aromatic N) is 2. The molecule has 0 aromatic heterocycles. The van der Waals surface area contributed by atoms with Crippen molar-refractivity contribution >= 4 is 23.3 Å². The van der Waals surface area contributed by atoms with Gasteiger partial charge in [0.05, 0.1) is 11.4 Å². The van der Waals surface area contributed by atoms with Gasteiger partial charge in [0.1, 0.15) is 0 Å². The van der Waals surface area contributed by atoms with Gasteiger partial charge in [-0.05, 0) is 44.2 Å². The standard InChI is InChI=1S/C11H17N3S/c1-13(2)15-9-4-5-11-10(8-9)12-6-7-14(11)3/h4-5,8,12H,6-7H2,1-3H3. The minimum Gasteiger partial charge on any atom is -0.382 e. The van der Waals surface area contributed by atoms with E-state index in [1.807, 2.05) is 0 Å². The lowest BCUT2D eigenvalue weighted by atomic mass is 10.2. The molecule has 0 bridgehead atoms. The van der Waals surface area contributed by atoms with E-state index in [1.165, 1.54) is 16.3 Å². The first-order valence-corrected chi connectivity index (χ1v) is 5.88. The minimum atomic E-state index is 1.03. The molecule has 0 saturated carbocycles. The Hall–Kier alpha value is -0.870. The van der Waals surface area contributed by atoms with Gasteiger partial charge in [-0.25, -0.2) is 0 Å². The van der Waals surface area contributed by atoms with Crippen LogP contribution in [0.15, 0.2) is 23.1 Å². The molecule has 15 heavy (non-hydrogen) atoms. The first-order chi connectivity index (χ1) is 7.16. The Kier molecular flexibility index (Phi) is 3.07.